The summed E-state index contributed by atoms with van der Waals surface area (Å²) in [5, 5.41) is 5.06. The second-order valence-corrected chi connectivity index (χ2v) is 9.52. The summed E-state index contributed by atoms with van der Waals surface area (Å²) in [7, 11) is 0.108. The summed E-state index contributed by atoms with van der Waals surface area (Å²) in [5.74, 6) is 0.243. The Morgan fingerprint density at radius 2 is 1.62 bits per heavy atom. The maximum atomic E-state index is 11.4. The third-order valence-electron chi connectivity index (χ3n) is 5.72. The lowest BCUT2D eigenvalue weighted by Gasteiger charge is -2.25. The lowest BCUT2D eigenvalue weighted by Crippen LogP contribution is -2.19. The lowest BCUT2D eigenvalue weighted by atomic mass is 9.79. The van der Waals surface area contributed by atoms with E-state index in [0.717, 1.165) is 42.5 Å². The summed E-state index contributed by atoms with van der Waals surface area (Å²) in [6.45, 7) is 1.01. The Kier molecular flexibility index (Phi) is 6.46. The molecule has 0 saturated heterocycles. The minimum Gasteiger partial charge on any atom is -0.371 e. The molecule has 0 aliphatic heterocycles. The average Bonchev–Trinajstić information content (AvgIpc) is 2.77. The van der Waals surface area contributed by atoms with E-state index in [0.29, 0.717) is 0 Å². The maximum Gasteiger partial charge on any atom is 0.380 e. The van der Waals surface area contributed by atoms with Crippen molar-refractivity contribution in [3.8, 4) is 5.75 Å². The summed E-state index contributed by atoms with van der Waals surface area (Å²) in [5.41, 5.74) is 8.28. The molecule has 0 fully saturated rings. The Labute approximate surface area is 190 Å². The molecule has 6 heteroatoms. The van der Waals surface area contributed by atoms with Crippen molar-refractivity contribution in [2.24, 2.45) is 5.14 Å². The molecule has 0 amide bonds. The molecule has 1 aliphatic rings. The van der Waals surface area contributed by atoms with Crippen molar-refractivity contribution < 1.29 is 12.6 Å². The lowest BCUT2D eigenvalue weighted by molar-refractivity contribution is 0.413. The van der Waals surface area contributed by atoms with Gasteiger partial charge in [-0.3, -0.25) is 0 Å². The van der Waals surface area contributed by atoms with E-state index in [4.69, 9.17) is 9.32 Å². The molecule has 3 aromatic carbocycles. The Morgan fingerprint density at radius 3 is 2.28 bits per heavy atom. The molecule has 0 saturated carbocycles. The molecule has 0 bridgehead atoms. The zero-order valence-corrected chi connectivity index (χ0v) is 19.2. The first kappa shape index (κ1) is 22.3. The molecule has 0 unspecified atom stereocenters. The fourth-order valence-electron chi connectivity index (χ4n) is 4.20. The van der Waals surface area contributed by atoms with Crippen LogP contribution in [0.3, 0.4) is 0 Å². The number of fused-ring (bicyclic) bond motifs is 1. The smallest absolute Gasteiger partial charge is 0.371 e. The second kappa shape index (κ2) is 9.28. The van der Waals surface area contributed by atoms with Crippen LogP contribution in [0.4, 0.5) is 0 Å². The SMILES string of the molecule is CN(C)CCc1ccc(C2=C(c3ccccc3)CCc3cc(OS(N)(=O)=O)ccc32)cc1. The van der Waals surface area contributed by atoms with E-state index in [-0.39, 0.29) is 5.75 Å². The molecule has 3 aromatic rings. The highest BCUT2D eigenvalue weighted by Gasteiger charge is 2.22. The van der Waals surface area contributed by atoms with Crippen molar-refractivity contribution in [2.75, 3.05) is 20.6 Å². The van der Waals surface area contributed by atoms with Crippen LogP contribution in [0.25, 0.3) is 11.1 Å². The highest BCUT2D eigenvalue weighted by atomic mass is 32.2. The van der Waals surface area contributed by atoms with E-state index in [9.17, 15) is 8.42 Å². The van der Waals surface area contributed by atoms with Gasteiger partial charge in [0.2, 0.25) is 0 Å². The quantitative estimate of drug-likeness (QED) is 0.586. The Hall–Kier alpha value is -2.93. The fourth-order valence-corrected chi connectivity index (χ4v) is 4.57. The molecule has 0 heterocycles. The summed E-state index contributed by atoms with van der Waals surface area (Å²) in [4.78, 5) is 2.18. The van der Waals surface area contributed by atoms with Crippen LogP contribution in [0.5, 0.6) is 5.75 Å². The van der Waals surface area contributed by atoms with Gasteiger partial charge in [0.15, 0.2) is 0 Å². The Balaban J connectivity index is 1.79. The minimum atomic E-state index is -4.06. The van der Waals surface area contributed by atoms with E-state index >= 15 is 0 Å². The topological polar surface area (TPSA) is 72.6 Å². The van der Waals surface area contributed by atoms with Crippen LogP contribution in [-0.2, 0) is 23.1 Å². The monoisotopic (exact) mass is 448 g/mol. The number of hydrogen-bond acceptors (Lipinski definition) is 4. The normalized spacial score (nSPS) is 13.9. The molecule has 0 aromatic heterocycles. The summed E-state index contributed by atoms with van der Waals surface area (Å²) in [6, 6.07) is 24.6. The van der Waals surface area contributed by atoms with Crippen molar-refractivity contribution in [3.05, 3.63) is 101 Å². The number of hydrogen-bond donors (Lipinski definition) is 1. The van der Waals surface area contributed by atoms with E-state index in [1.807, 2.05) is 12.1 Å². The maximum absolute atomic E-state index is 11.4. The third-order valence-corrected chi connectivity index (χ3v) is 6.14. The number of rotatable bonds is 7. The molecule has 5 nitrogen and oxygen atoms in total. The van der Waals surface area contributed by atoms with Crippen molar-refractivity contribution in [1.82, 2.24) is 4.90 Å². The van der Waals surface area contributed by atoms with Crippen LogP contribution in [0.2, 0.25) is 0 Å². The van der Waals surface area contributed by atoms with E-state index in [2.05, 4.69) is 67.5 Å². The molecule has 0 spiro atoms. The van der Waals surface area contributed by atoms with Crippen LogP contribution in [0.1, 0.15) is 34.2 Å². The largest absolute Gasteiger partial charge is 0.380 e. The van der Waals surface area contributed by atoms with Gasteiger partial charge in [-0.1, -0.05) is 60.7 Å². The van der Waals surface area contributed by atoms with Gasteiger partial charge in [-0.05, 0) is 84.5 Å². The van der Waals surface area contributed by atoms with Gasteiger partial charge in [-0.15, -0.1) is 0 Å². The first-order chi connectivity index (χ1) is 15.3. The van der Waals surface area contributed by atoms with Gasteiger partial charge in [0.25, 0.3) is 0 Å². The summed E-state index contributed by atoms with van der Waals surface area (Å²) >= 11 is 0. The van der Waals surface area contributed by atoms with E-state index in [1.165, 1.54) is 22.3 Å². The van der Waals surface area contributed by atoms with Gasteiger partial charge in [-0.2, -0.15) is 13.6 Å². The van der Waals surface area contributed by atoms with Crippen molar-refractivity contribution >= 4 is 21.5 Å². The number of nitrogens with zero attached hydrogens (tertiary/aromatic N) is 1. The first-order valence-corrected chi connectivity index (χ1v) is 12.2. The van der Waals surface area contributed by atoms with Crippen LogP contribution in [0.15, 0.2) is 72.8 Å². The molecule has 2 N–H and O–H groups in total. The standard InChI is InChI=1S/C26H28N2O3S/c1-28(2)17-16-19-8-10-21(11-9-19)26-24(20-6-4-3-5-7-20)14-12-22-18-23(13-15-25(22)26)31-32(27,29)30/h3-11,13,15,18H,12,14,16-17H2,1-2H3,(H2,27,29,30). The van der Waals surface area contributed by atoms with E-state index in [1.54, 1.807) is 12.1 Å². The zero-order chi connectivity index (χ0) is 22.7. The van der Waals surface area contributed by atoms with Gasteiger partial charge in [-0.25, -0.2) is 0 Å². The van der Waals surface area contributed by atoms with Gasteiger partial charge in [0.1, 0.15) is 5.75 Å². The molecule has 1 aliphatic carbocycles. The van der Waals surface area contributed by atoms with Gasteiger partial charge in [0, 0.05) is 6.54 Å². The zero-order valence-electron chi connectivity index (χ0n) is 18.4. The van der Waals surface area contributed by atoms with Gasteiger partial charge < -0.3 is 9.08 Å². The second-order valence-electron chi connectivity index (χ2n) is 8.36. The number of aryl methyl sites for hydroxylation is 1. The Morgan fingerprint density at radius 1 is 0.906 bits per heavy atom. The van der Waals surface area contributed by atoms with Crippen LogP contribution in [-0.4, -0.2) is 34.0 Å². The first-order valence-electron chi connectivity index (χ1n) is 10.7. The molecular formula is C26H28N2O3S. The predicted octanol–water partition coefficient (Wildman–Crippen LogP) is 4.28. The van der Waals surface area contributed by atoms with Crippen LogP contribution >= 0.6 is 0 Å². The highest BCUT2D eigenvalue weighted by Crippen LogP contribution is 2.41. The van der Waals surface area contributed by atoms with Crippen molar-refractivity contribution in [1.29, 1.82) is 0 Å². The highest BCUT2D eigenvalue weighted by molar-refractivity contribution is 7.84. The average molecular weight is 449 g/mol. The van der Waals surface area contributed by atoms with E-state index < -0.39 is 10.3 Å². The fraction of sp³-hybridized carbons (Fsp3) is 0.231. The van der Waals surface area contributed by atoms with Gasteiger partial charge >= 0.3 is 10.3 Å². The van der Waals surface area contributed by atoms with Crippen LogP contribution < -0.4 is 9.32 Å². The molecular weight excluding hydrogens is 420 g/mol. The summed E-state index contributed by atoms with van der Waals surface area (Å²) < 4.78 is 27.6. The van der Waals surface area contributed by atoms with Crippen molar-refractivity contribution in [3.63, 3.8) is 0 Å². The number of benzene rings is 3. The third kappa shape index (κ3) is 5.27. The molecule has 4 rings (SSSR count). The molecule has 0 radical (unpaired) electrons. The molecule has 32 heavy (non-hydrogen) atoms. The number of likely N-dealkylation sites (N-methyl/N-ethyl adjacent to an activating group) is 1. The number of nitrogens with two attached hydrogens (primary N) is 1. The van der Waals surface area contributed by atoms with Gasteiger partial charge in [0.05, 0.1) is 0 Å². The molecule has 0 atom stereocenters. The van der Waals surface area contributed by atoms with Crippen LogP contribution in [0, 0.1) is 0 Å². The Bertz CT molecular complexity index is 1230. The molecule has 166 valence electrons. The summed E-state index contributed by atoms with van der Waals surface area (Å²) in [6.07, 6.45) is 2.65. The number of allylic oxidation sites excluding steroid dienone is 1. The van der Waals surface area contributed by atoms with Crippen molar-refractivity contribution in [2.45, 2.75) is 19.3 Å². The predicted molar refractivity (Wildman–Crippen MR) is 130 cm³/mol. The minimum absolute atomic E-state index is 0.243.